The first-order chi connectivity index (χ1) is 22.1. The molecule has 0 spiro atoms. The third kappa shape index (κ3) is 7.20. The number of aryl methyl sites for hydroxylation is 3. The Morgan fingerprint density at radius 2 is 1.31 bits per heavy atom. The summed E-state index contributed by atoms with van der Waals surface area (Å²) in [6.45, 7) is 11.7. The van der Waals surface area contributed by atoms with Gasteiger partial charge in [0.15, 0.2) is 0 Å². The Morgan fingerprint density at radius 3 is 1.84 bits per heavy atom. The molecule has 1 aliphatic rings. The number of rotatable bonds is 11. The van der Waals surface area contributed by atoms with Crippen LogP contribution in [0.3, 0.4) is 0 Å². The van der Waals surface area contributed by atoms with E-state index in [0.717, 1.165) is 19.3 Å². The minimum absolute atomic E-state index is 1.07. The number of hydrogen-bond donors (Lipinski definition) is 0. The molecule has 5 aromatic carbocycles. The van der Waals surface area contributed by atoms with Gasteiger partial charge in [-0.25, -0.2) is 0 Å². The van der Waals surface area contributed by atoms with Crippen molar-refractivity contribution < 1.29 is 24.2 Å². The Balaban J connectivity index is 0.000000238. The molecule has 0 heterocycles. The third-order valence-corrected chi connectivity index (χ3v) is 10.6. The molecular formula is C44H49Zr-. The summed E-state index contributed by atoms with van der Waals surface area (Å²) in [5, 5.41) is 6.14. The van der Waals surface area contributed by atoms with Crippen LogP contribution in [0.25, 0.3) is 27.1 Å². The molecule has 0 radical (unpaired) electrons. The number of allylic oxidation sites excluding steroid dienone is 4. The van der Waals surface area contributed by atoms with E-state index in [0.29, 0.717) is 0 Å². The zero-order chi connectivity index (χ0) is 31.8. The molecule has 5 aromatic rings. The molecule has 0 aliphatic heterocycles. The number of fused-ring (bicyclic) bond motifs is 3. The molecular weight excluding hydrogens is 620 g/mol. The van der Waals surface area contributed by atoms with E-state index in [1.807, 2.05) is 0 Å². The van der Waals surface area contributed by atoms with E-state index < -0.39 is 0 Å². The van der Waals surface area contributed by atoms with Crippen molar-refractivity contribution in [3.8, 4) is 0 Å². The molecule has 6 rings (SSSR count). The summed E-state index contributed by atoms with van der Waals surface area (Å²) in [4.78, 5) is 0. The van der Waals surface area contributed by atoms with Crippen LogP contribution in [0.4, 0.5) is 0 Å². The SMILES string of the molecule is CCCc1c(CC)c(C2=CC=CC2)c2[cH-]c3cc(CC)cc(CCC)c3c2c1CCC.[Zr]=[C](c1ccccc1)c1ccccc1. The van der Waals surface area contributed by atoms with Gasteiger partial charge in [0.25, 0.3) is 0 Å². The molecule has 0 nitrogen and oxygen atoms in total. The quantitative estimate of drug-likeness (QED) is 0.123. The van der Waals surface area contributed by atoms with E-state index >= 15 is 0 Å². The van der Waals surface area contributed by atoms with Crippen molar-refractivity contribution in [1.82, 2.24) is 0 Å². The summed E-state index contributed by atoms with van der Waals surface area (Å²) in [5.41, 5.74) is 13.7. The van der Waals surface area contributed by atoms with E-state index in [-0.39, 0.29) is 0 Å². The van der Waals surface area contributed by atoms with E-state index in [9.17, 15) is 0 Å². The van der Waals surface area contributed by atoms with Crippen LogP contribution in [0.15, 0.2) is 97.1 Å². The van der Waals surface area contributed by atoms with Gasteiger partial charge in [0.1, 0.15) is 0 Å². The average Bonchev–Trinajstić information content (AvgIpc) is 3.75. The van der Waals surface area contributed by atoms with Crippen LogP contribution in [0.2, 0.25) is 0 Å². The van der Waals surface area contributed by atoms with Gasteiger partial charge in [-0.15, -0.1) is 33.7 Å². The molecule has 0 saturated heterocycles. The van der Waals surface area contributed by atoms with Gasteiger partial charge in [-0.2, -0.15) is 0 Å². The maximum absolute atomic E-state index is 2.55. The van der Waals surface area contributed by atoms with Crippen molar-refractivity contribution >= 4 is 30.3 Å². The average molecular weight is 669 g/mol. The van der Waals surface area contributed by atoms with Gasteiger partial charge >= 0.3 is 99.2 Å². The molecule has 0 atom stereocenters. The van der Waals surface area contributed by atoms with Crippen LogP contribution >= 0.6 is 0 Å². The molecule has 0 fully saturated rings. The summed E-state index contributed by atoms with van der Waals surface area (Å²) in [5.74, 6) is 0. The second kappa shape index (κ2) is 16.0. The van der Waals surface area contributed by atoms with Gasteiger partial charge in [-0.1, -0.05) is 117 Å². The van der Waals surface area contributed by atoms with E-state index in [4.69, 9.17) is 0 Å². The number of hydrogen-bond acceptors (Lipinski definition) is 0. The Hall–Kier alpha value is -3.02. The van der Waals surface area contributed by atoms with Crippen LogP contribution in [0, 0.1) is 0 Å². The molecule has 0 saturated carbocycles. The van der Waals surface area contributed by atoms with Gasteiger partial charge in [0.2, 0.25) is 0 Å². The fourth-order valence-electron chi connectivity index (χ4n) is 7.25. The Bertz CT molecular complexity index is 1770. The second-order valence-corrected chi connectivity index (χ2v) is 13.6. The predicted molar refractivity (Wildman–Crippen MR) is 196 cm³/mol. The summed E-state index contributed by atoms with van der Waals surface area (Å²) >= 11 is 1.46. The summed E-state index contributed by atoms with van der Waals surface area (Å²) in [7, 11) is 0. The summed E-state index contributed by atoms with van der Waals surface area (Å²) in [6.07, 6.45) is 17.4. The molecule has 0 unspecified atom stereocenters. The van der Waals surface area contributed by atoms with Crippen molar-refractivity contribution in [3.05, 3.63) is 142 Å². The molecule has 0 N–H and O–H groups in total. The van der Waals surface area contributed by atoms with E-state index in [1.165, 1.54) is 99.0 Å². The van der Waals surface area contributed by atoms with Crippen molar-refractivity contribution in [3.63, 3.8) is 0 Å². The van der Waals surface area contributed by atoms with Crippen LogP contribution < -0.4 is 0 Å². The Kier molecular flexibility index (Phi) is 11.9. The molecule has 0 amide bonds. The van der Waals surface area contributed by atoms with E-state index in [1.54, 1.807) is 38.6 Å². The standard InChI is InChI=1S/C31H39.C13H10.Zr/c1-6-13-23-18-21(9-4)19-24-20-28-30(22-16-11-12-17-22)25(10-5)26(14-7-2)27(15-8-3)31(28)29(23)24;1-3-7-12(8-4-1)11-13-9-5-2-6-10-13;/h11-12,16,18-20H,6-10,13-15,17H2,1-5H3;1-10H;/q-1;;. The third-order valence-electron chi connectivity index (χ3n) is 9.23. The summed E-state index contributed by atoms with van der Waals surface area (Å²) in [6, 6.07) is 28.6. The second-order valence-electron chi connectivity index (χ2n) is 12.4. The zero-order valence-corrected chi connectivity index (χ0v) is 30.6. The van der Waals surface area contributed by atoms with Crippen molar-refractivity contribution in [2.45, 2.75) is 92.4 Å². The first-order valence-electron chi connectivity index (χ1n) is 17.3. The molecule has 45 heavy (non-hydrogen) atoms. The van der Waals surface area contributed by atoms with Crippen LogP contribution in [0.5, 0.6) is 0 Å². The van der Waals surface area contributed by atoms with Crippen molar-refractivity contribution in [2.75, 3.05) is 0 Å². The summed E-state index contributed by atoms with van der Waals surface area (Å²) < 4.78 is 1.42. The monoisotopic (exact) mass is 667 g/mol. The van der Waals surface area contributed by atoms with Gasteiger partial charge < -0.3 is 0 Å². The fourth-order valence-corrected chi connectivity index (χ4v) is 8.07. The van der Waals surface area contributed by atoms with Gasteiger partial charge in [-0.3, -0.25) is 0 Å². The van der Waals surface area contributed by atoms with E-state index in [2.05, 4.69) is 132 Å². The topological polar surface area (TPSA) is 0 Å². The van der Waals surface area contributed by atoms with Gasteiger partial charge in [0, 0.05) is 0 Å². The first kappa shape index (κ1) is 33.3. The Morgan fingerprint density at radius 1 is 0.689 bits per heavy atom. The van der Waals surface area contributed by atoms with Gasteiger partial charge in [0.05, 0.1) is 0 Å². The maximum atomic E-state index is 2.55. The minimum atomic E-state index is 1.07. The molecule has 1 heteroatoms. The fraction of sp³-hybridized carbons (Fsp3) is 0.318. The van der Waals surface area contributed by atoms with Crippen molar-refractivity contribution in [1.29, 1.82) is 0 Å². The van der Waals surface area contributed by atoms with Gasteiger partial charge in [-0.05, 0) is 38.5 Å². The molecule has 0 bridgehead atoms. The van der Waals surface area contributed by atoms with Crippen molar-refractivity contribution in [2.24, 2.45) is 0 Å². The molecule has 1 aliphatic carbocycles. The number of benzene rings is 4. The molecule has 0 aromatic heterocycles. The molecule has 230 valence electrons. The van der Waals surface area contributed by atoms with Crippen LogP contribution in [-0.2, 0) is 56.3 Å². The van der Waals surface area contributed by atoms with Crippen LogP contribution in [0.1, 0.15) is 105 Å². The van der Waals surface area contributed by atoms with Crippen LogP contribution in [-0.4, -0.2) is 3.21 Å². The first-order valence-corrected chi connectivity index (χ1v) is 18.6. The predicted octanol–water partition coefficient (Wildman–Crippen LogP) is 11.8. The normalized spacial score (nSPS) is 12.4. The Labute approximate surface area is 287 Å². The zero-order valence-electron chi connectivity index (χ0n) is 28.1.